The number of hydrogen-bond donors (Lipinski definition) is 2. The first-order valence-electron chi connectivity index (χ1n) is 8.85. The Morgan fingerprint density at radius 2 is 1.92 bits per heavy atom. The van der Waals surface area contributed by atoms with Crippen molar-refractivity contribution in [1.29, 1.82) is 0 Å². The maximum atomic E-state index is 12.2. The van der Waals surface area contributed by atoms with Crippen molar-refractivity contribution in [3.05, 3.63) is 53.1 Å². The third kappa shape index (κ3) is 4.90. The van der Waals surface area contributed by atoms with Gasteiger partial charge in [0, 0.05) is 36.8 Å². The average Bonchev–Trinajstić information content (AvgIpc) is 2.66. The number of nitrogens with one attached hydrogen (secondary N) is 2. The van der Waals surface area contributed by atoms with Crippen LogP contribution in [-0.4, -0.2) is 38.8 Å². The molecule has 0 aromatic heterocycles. The Morgan fingerprint density at radius 3 is 2.73 bits per heavy atom. The summed E-state index contributed by atoms with van der Waals surface area (Å²) < 4.78 is 5.42. The smallest absolute Gasteiger partial charge is 0.226 e. The molecule has 1 fully saturated rings. The summed E-state index contributed by atoms with van der Waals surface area (Å²) >= 11 is 6.00. The van der Waals surface area contributed by atoms with Crippen LogP contribution in [-0.2, 0) is 9.53 Å². The molecule has 0 atom stereocenters. The van der Waals surface area contributed by atoms with Gasteiger partial charge < -0.3 is 20.3 Å². The van der Waals surface area contributed by atoms with Crippen LogP contribution < -0.4 is 15.5 Å². The van der Waals surface area contributed by atoms with Crippen LogP contribution in [0.4, 0.5) is 17.1 Å². The molecular formula is C20H24ClN3O2. The molecule has 0 saturated carbocycles. The van der Waals surface area contributed by atoms with Gasteiger partial charge in [-0.3, -0.25) is 4.79 Å². The molecule has 0 aliphatic carbocycles. The minimum atomic E-state index is -0.0354. The van der Waals surface area contributed by atoms with Crippen LogP contribution >= 0.6 is 11.6 Å². The number of carbonyl (C=O) groups excluding carboxylic acids is 1. The fraction of sp³-hybridized carbons (Fsp3) is 0.350. The van der Waals surface area contributed by atoms with Crippen LogP contribution in [0.25, 0.3) is 0 Å². The lowest BCUT2D eigenvalue weighted by Gasteiger charge is -2.30. The van der Waals surface area contributed by atoms with E-state index in [1.165, 1.54) is 0 Å². The molecule has 2 aromatic rings. The van der Waals surface area contributed by atoms with Gasteiger partial charge in [-0.05, 0) is 36.8 Å². The van der Waals surface area contributed by atoms with E-state index in [-0.39, 0.29) is 5.91 Å². The number of benzene rings is 2. The van der Waals surface area contributed by atoms with Gasteiger partial charge in [0.2, 0.25) is 5.91 Å². The minimum Gasteiger partial charge on any atom is -0.383 e. The highest BCUT2D eigenvalue weighted by Crippen LogP contribution is 2.26. The van der Waals surface area contributed by atoms with Crippen molar-refractivity contribution in [2.45, 2.75) is 13.3 Å². The van der Waals surface area contributed by atoms with Gasteiger partial charge in [-0.2, -0.15) is 0 Å². The molecule has 6 heteroatoms. The number of nitrogens with zero attached hydrogens (tertiary/aromatic N) is 1. The van der Waals surface area contributed by atoms with E-state index in [4.69, 9.17) is 16.3 Å². The minimum absolute atomic E-state index is 0.0354. The SMILES string of the molecule is Cc1ccc(Cl)cc1NC(=O)CCNc1ccccc1N1CCOCC1. The monoisotopic (exact) mass is 373 g/mol. The third-order valence-electron chi connectivity index (χ3n) is 4.40. The molecule has 1 amide bonds. The number of ether oxygens (including phenoxy) is 1. The Balaban J connectivity index is 1.55. The number of carbonyl (C=O) groups is 1. The lowest BCUT2D eigenvalue weighted by molar-refractivity contribution is -0.115. The maximum Gasteiger partial charge on any atom is 0.226 e. The highest BCUT2D eigenvalue weighted by atomic mass is 35.5. The van der Waals surface area contributed by atoms with E-state index < -0.39 is 0 Å². The van der Waals surface area contributed by atoms with Gasteiger partial charge in [0.25, 0.3) is 0 Å². The van der Waals surface area contributed by atoms with Gasteiger partial charge in [-0.15, -0.1) is 0 Å². The van der Waals surface area contributed by atoms with E-state index in [2.05, 4.69) is 21.6 Å². The molecular weight excluding hydrogens is 350 g/mol. The van der Waals surface area contributed by atoms with Crippen molar-refractivity contribution < 1.29 is 9.53 Å². The highest BCUT2D eigenvalue weighted by Gasteiger charge is 2.14. The van der Waals surface area contributed by atoms with E-state index in [9.17, 15) is 4.79 Å². The summed E-state index contributed by atoms with van der Waals surface area (Å²) in [7, 11) is 0. The quantitative estimate of drug-likeness (QED) is 0.805. The van der Waals surface area contributed by atoms with E-state index in [0.717, 1.165) is 48.9 Å². The number of aryl methyl sites for hydroxylation is 1. The number of anilines is 3. The normalized spacial score (nSPS) is 14.2. The second kappa shape index (κ2) is 8.92. The molecule has 0 bridgehead atoms. The van der Waals surface area contributed by atoms with E-state index in [1.807, 2.05) is 37.3 Å². The Bertz CT molecular complexity index is 760. The Hall–Kier alpha value is -2.24. The molecule has 1 aliphatic heterocycles. The summed E-state index contributed by atoms with van der Waals surface area (Å²) in [5.41, 5.74) is 3.95. The largest absolute Gasteiger partial charge is 0.383 e. The zero-order valence-corrected chi connectivity index (χ0v) is 15.7. The molecule has 26 heavy (non-hydrogen) atoms. The second-order valence-electron chi connectivity index (χ2n) is 6.30. The zero-order chi connectivity index (χ0) is 18.4. The van der Waals surface area contributed by atoms with Crippen molar-refractivity contribution in [3.63, 3.8) is 0 Å². The highest BCUT2D eigenvalue weighted by molar-refractivity contribution is 6.31. The number of amides is 1. The van der Waals surface area contributed by atoms with Crippen LogP contribution in [0.15, 0.2) is 42.5 Å². The van der Waals surface area contributed by atoms with Crippen molar-refractivity contribution in [3.8, 4) is 0 Å². The van der Waals surface area contributed by atoms with Crippen molar-refractivity contribution in [2.24, 2.45) is 0 Å². The van der Waals surface area contributed by atoms with Crippen LogP contribution in [0, 0.1) is 6.92 Å². The molecule has 2 aromatic carbocycles. The van der Waals surface area contributed by atoms with Crippen LogP contribution in [0.5, 0.6) is 0 Å². The molecule has 1 heterocycles. The summed E-state index contributed by atoms with van der Waals surface area (Å²) in [6.45, 7) is 5.77. The number of morpholine rings is 1. The van der Waals surface area contributed by atoms with Crippen LogP contribution in [0.1, 0.15) is 12.0 Å². The molecule has 3 rings (SSSR count). The Labute approximate surface area is 159 Å². The van der Waals surface area contributed by atoms with Gasteiger partial charge in [-0.1, -0.05) is 29.8 Å². The van der Waals surface area contributed by atoms with Crippen LogP contribution in [0.2, 0.25) is 5.02 Å². The zero-order valence-electron chi connectivity index (χ0n) is 14.9. The molecule has 0 unspecified atom stereocenters. The van der Waals surface area contributed by atoms with Crippen molar-refractivity contribution in [2.75, 3.05) is 48.4 Å². The molecule has 1 aliphatic rings. The number of hydrogen-bond acceptors (Lipinski definition) is 4. The molecule has 1 saturated heterocycles. The van der Waals surface area contributed by atoms with Crippen molar-refractivity contribution >= 4 is 34.6 Å². The number of halogens is 1. The van der Waals surface area contributed by atoms with E-state index >= 15 is 0 Å². The summed E-state index contributed by atoms with van der Waals surface area (Å²) in [5.74, 6) is -0.0354. The lowest BCUT2D eigenvalue weighted by atomic mass is 10.2. The van der Waals surface area contributed by atoms with Crippen molar-refractivity contribution in [1.82, 2.24) is 0 Å². The summed E-state index contributed by atoms with van der Waals surface area (Å²) in [6.07, 6.45) is 0.378. The van der Waals surface area contributed by atoms with Gasteiger partial charge in [-0.25, -0.2) is 0 Å². The maximum absolute atomic E-state index is 12.2. The first-order valence-corrected chi connectivity index (χ1v) is 9.23. The average molecular weight is 374 g/mol. The Kier molecular flexibility index (Phi) is 6.36. The first-order chi connectivity index (χ1) is 12.6. The first kappa shape index (κ1) is 18.5. The third-order valence-corrected chi connectivity index (χ3v) is 4.63. The fourth-order valence-corrected chi connectivity index (χ4v) is 3.13. The Morgan fingerprint density at radius 1 is 1.15 bits per heavy atom. The van der Waals surface area contributed by atoms with E-state index in [1.54, 1.807) is 6.07 Å². The summed E-state index contributed by atoms with van der Waals surface area (Å²) in [4.78, 5) is 14.5. The topological polar surface area (TPSA) is 53.6 Å². The standard InChI is InChI=1S/C20H24ClN3O2/c1-15-6-7-16(21)14-18(15)23-20(25)8-9-22-17-4-2-3-5-19(17)24-10-12-26-13-11-24/h2-7,14,22H,8-13H2,1H3,(H,23,25). The molecule has 5 nitrogen and oxygen atoms in total. The predicted molar refractivity (Wildman–Crippen MR) is 107 cm³/mol. The van der Waals surface area contributed by atoms with E-state index in [0.29, 0.717) is 18.0 Å². The second-order valence-corrected chi connectivity index (χ2v) is 6.74. The van der Waals surface area contributed by atoms with Gasteiger partial charge >= 0.3 is 0 Å². The van der Waals surface area contributed by atoms with Gasteiger partial charge in [0.1, 0.15) is 0 Å². The summed E-state index contributed by atoms with van der Waals surface area (Å²) in [5, 5.41) is 6.92. The number of para-hydroxylation sites is 2. The lowest BCUT2D eigenvalue weighted by Crippen LogP contribution is -2.36. The van der Waals surface area contributed by atoms with Crippen LogP contribution in [0.3, 0.4) is 0 Å². The van der Waals surface area contributed by atoms with Gasteiger partial charge in [0.05, 0.1) is 24.6 Å². The number of rotatable bonds is 6. The molecule has 138 valence electrons. The van der Waals surface area contributed by atoms with Gasteiger partial charge in [0.15, 0.2) is 0 Å². The summed E-state index contributed by atoms with van der Waals surface area (Å²) in [6, 6.07) is 13.7. The molecule has 0 spiro atoms. The predicted octanol–water partition coefficient (Wildman–Crippen LogP) is 3.93. The molecule has 0 radical (unpaired) electrons. The molecule has 2 N–H and O–H groups in total. The fourth-order valence-electron chi connectivity index (χ4n) is 2.96.